The summed E-state index contributed by atoms with van der Waals surface area (Å²) in [6.07, 6.45) is 3.27. The van der Waals surface area contributed by atoms with Gasteiger partial charge >= 0.3 is 0 Å². The summed E-state index contributed by atoms with van der Waals surface area (Å²) < 4.78 is 1.82. The topological polar surface area (TPSA) is 93.4 Å². The summed E-state index contributed by atoms with van der Waals surface area (Å²) in [5, 5.41) is 8.90. The molecule has 19 heavy (non-hydrogen) atoms. The van der Waals surface area contributed by atoms with E-state index in [2.05, 4.69) is 21.0 Å². The maximum absolute atomic E-state index is 8.90. The molecule has 0 aliphatic heterocycles. The summed E-state index contributed by atoms with van der Waals surface area (Å²) in [4.78, 5) is 12.7. The molecule has 3 rings (SSSR count). The van der Waals surface area contributed by atoms with Gasteiger partial charge in [0.15, 0.2) is 5.82 Å². The Labute approximate surface area is 109 Å². The van der Waals surface area contributed by atoms with E-state index in [0.29, 0.717) is 17.5 Å². The van der Waals surface area contributed by atoms with E-state index in [1.807, 2.05) is 28.8 Å². The largest absolute Gasteiger partial charge is 0.382 e. The van der Waals surface area contributed by atoms with Crippen LogP contribution in [-0.4, -0.2) is 19.5 Å². The van der Waals surface area contributed by atoms with Gasteiger partial charge in [0.1, 0.15) is 11.6 Å². The average molecular weight is 250 g/mol. The zero-order valence-electron chi connectivity index (χ0n) is 9.98. The van der Waals surface area contributed by atoms with Crippen molar-refractivity contribution < 1.29 is 0 Å². The third-order valence-electron chi connectivity index (χ3n) is 2.75. The van der Waals surface area contributed by atoms with Gasteiger partial charge in [-0.3, -0.25) is 4.57 Å². The van der Waals surface area contributed by atoms with Crippen LogP contribution < -0.4 is 5.73 Å². The lowest BCUT2D eigenvalue weighted by molar-refractivity contribution is 0.912. The lowest BCUT2D eigenvalue weighted by Gasteiger charge is -2.05. The van der Waals surface area contributed by atoms with Crippen LogP contribution in [0, 0.1) is 11.3 Å². The van der Waals surface area contributed by atoms with Gasteiger partial charge in [0.05, 0.1) is 35.9 Å². The van der Waals surface area contributed by atoms with Crippen LogP contribution in [0.4, 0.5) is 5.82 Å². The summed E-state index contributed by atoms with van der Waals surface area (Å²) in [5.74, 6) is 1.60. The van der Waals surface area contributed by atoms with Gasteiger partial charge in [-0.15, -0.1) is 0 Å². The number of para-hydroxylation sites is 2. The molecular weight excluding hydrogens is 240 g/mol. The highest BCUT2D eigenvalue weighted by Crippen LogP contribution is 2.20. The maximum Gasteiger partial charge on any atom is 0.157 e. The Bertz CT molecular complexity index is 766. The minimum Gasteiger partial charge on any atom is -0.382 e. The first-order valence-corrected chi connectivity index (χ1v) is 5.71. The number of fused-ring (bicyclic) bond motifs is 1. The number of nitrogen functional groups attached to an aromatic ring is 1. The van der Waals surface area contributed by atoms with Gasteiger partial charge in [-0.25, -0.2) is 15.0 Å². The van der Waals surface area contributed by atoms with Gasteiger partial charge in [-0.05, 0) is 12.1 Å². The van der Waals surface area contributed by atoms with Crippen molar-refractivity contribution in [3.05, 3.63) is 42.5 Å². The van der Waals surface area contributed by atoms with Crippen molar-refractivity contribution in [2.24, 2.45) is 0 Å². The molecule has 0 saturated carbocycles. The average Bonchev–Trinajstić information content (AvgIpc) is 2.78. The Morgan fingerprint density at radius 1 is 1.21 bits per heavy atom. The first-order valence-electron chi connectivity index (χ1n) is 5.71. The molecule has 0 aliphatic rings. The Hall–Kier alpha value is -2.94. The summed E-state index contributed by atoms with van der Waals surface area (Å²) in [5.41, 5.74) is 7.26. The lowest BCUT2D eigenvalue weighted by Crippen LogP contribution is -2.04. The molecule has 6 nitrogen and oxygen atoms in total. The fourth-order valence-electron chi connectivity index (χ4n) is 1.97. The molecule has 2 N–H and O–H groups in total. The smallest absolute Gasteiger partial charge is 0.157 e. The van der Waals surface area contributed by atoms with Crippen LogP contribution in [0.2, 0.25) is 0 Å². The van der Waals surface area contributed by atoms with Crippen LogP contribution >= 0.6 is 0 Å². The van der Waals surface area contributed by atoms with Gasteiger partial charge in [-0.1, -0.05) is 12.1 Å². The molecule has 0 atom stereocenters. The van der Waals surface area contributed by atoms with Crippen molar-refractivity contribution in [3.8, 4) is 11.9 Å². The summed E-state index contributed by atoms with van der Waals surface area (Å²) >= 11 is 0. The minimum absolute atomic E-state index is 0.209. The second-order valence-corrected chi connectivity index (χ2v) is 3.99. The van der Waals surface area contributed by atoms with Crippen molar-refractivity contribution in [1.29, 1.82) is 5.26 Å². The van der Waals surface area contributed by atoms with Crippen molar-refractivity contribution in [3.63, 3.8) is 0 Å². The second kappa shape index (κ2) is 4.38. The Kier molecular flexibility index (Phi) is 2.58. The van der Waals surface area contributed by atoms with Crippen molar-refractivity contribution >= 4 is 16.9 Å². The number of hydrogen-bond donors (Lipinski definition) is 1. The van der Waals surface area contributed by atoms with Crippen molar-refractivity contribution in [1.82, 2.24) is 19.5 Å². The molecule has 0 radical (unpaired) electrons. The van der Waals surface area contributed by atoms with E-state index in [1.165, 1.54) is 6.20 Å². The van der Waals surface area contributed by atoms with Gasteiger partial charge in [0, 0.05) is 0 Å². The first kappa shape index (κ1) is 11.2. The van der Waals surface area contributed by atoms with E-state index < -0.39 is 0 Å². The van der Waals surface area contributed by atoms with E-state index >= 15 is 0 Å². The van der Waals surface area contributed by atoms with E-state index in [0.717, 1.165) is 11.0 Å². The molecule has 3 aromatic rings. The highest BCUT2D eigenvalue weighted by Gasteiger charge is 2.12. The molecular formula is C13H10N6. The zero-order chi connectivity index (χ0) is 13.2. The number of hydrogen-bond acceptors (Lipinski definition) is 5. The number of nitrogens with zero attached hydrogens (tertiary/aromatic N) is 5. The SMILES string of the molecule is N#CCc1nc2ccccc2n1-c1cnc(N)cn1. The molecule has 92 valence electrons. The van der Waals surface area contributed by atoms with Crippen LogP contribution in [0.15, 0.2) is 36.7 Å². The lowest BCUT2D eigenvalue weighted by atomic mass is 10.3. The van der Waals surface area contributed by atoms with E-state index in [9.17, 15) is 0 Å². The van der Waals surface area contributed by atoms with Crippen LogP contribution in [0.3, 0.4) is 0 Å². The predicted molar refractivity (Wildman–Crippen MR) is 70.4 cm³/mol. The molecule has 0 spiro atoms. The molecule has 0 fully saturated rings. The molecule has 2 heterocycles. The molecule has 0 amide bonds. The molecule has 0 unspecified atom stereocenters. The maximum atomic E-state index is 8.90. The molecule has 1 aromatic carbocycles. The number of nitriles is 1. The van der Waals surface area contributed by atoms with Gasteiger partial charge in [-0.2, -0.15) is 5.26 Å². The molecule has 0 aliphatic carbocycles. The summed E-state index contributed by atoms with van der Waals surface area (Å²) in [7, 11) is 0. The standard InChI is InChI=1S/C13H10N6/c14-6-5-12-18-9-3-1-2-4-10(9)19(12)13-8-16-11(15)7-17-13/h1-4,7-8H,5H2,(H2,15,16). The number of rotatable bonds is 2. The van der Waals surface area contributed by atoms with Crippen molar-refractivity contribution in [2.45, 2.75) is 6.42 Å². The highest BCUT2D eigenvalue weighted by atomic mass is 15.1. The highest BCUT2D eigenvalue weighted by molar-refractivity contribution is 5.77. The summed E-state index contributed by atoms with van der Waals surface area (Å²) in [6, 6.07) is 9.77. The van der Waals surface area contributed by atoms with Gasteiger partial charge < -0.3 is 5.73 Å². The van der Waals surface area contributed by atoms with E-state index in [-0.39, 0.29) is 6.42 Å². The fraction of sp³-hybridized carbons (Fsp3) is 0.0769. The number of aromatic nitrogens is 4. The van der Waals surface area contributed by atoms with Gasteiger partial charge in [0.2, 0.25) is 0 Å². The zero-order valence-corrected chi connectivity index (χ0v) is 9.98. The number of benzene rings is 1. The van der Waals surface area contributed by atoms with E-state index in [4.69, 9.17) is 11.0 Å². The number of anilines is 1. The fourth-order valence-corrected chi connectivity index (χ4v) is 1.97. The third-order valence-corrected chi connectivity index (χ3v) is 2.75. The van der Waals surface area contributed by atoms with Crippen molar-refractivity contribution in [2.75, 3.05) is 5.73 Å². The monoisotopic (exact) mass is 250 g/mol. The minimum atomic E-state index is 0.209. The van der Waals surface area contributed by atoms with Crippen LogP contribution in [-0.2, 0) is 6.42 Å². The summed E-state index contributed by atoms with van der Waals surface area (Å²) in [6.45, 7) is 0. The molecule has 0 saturated heterocycles. The predicted octanol–water partition coefficient (Wildman–Crippen LogP) is 1.46. The second-order valence-electron chi connectivity index (χ2n) is 3.99. The quantitative estimate of drug-likeness (QED) is 0.743. The van der Waals surface area contributed by atoms with Gasteiger partial charge in [0.25, 0.3) is 0 Å². The van der Waals surface area contributed by atoms with Crippen LogP contribution in [0.1, 0.15) is 5.82 Å². The normalized spacial score (nSPS) is 10.5. The Morgan fingerprint density at radius 3 is 2.79 bits per heavy atom. The third kappa shape index (κ3) is 1.87. The Morgan fingerprint density at radius 2 is 2.05 bits per heavy atom. The van der Waals surface area contributed by atoms with E-state index in [1.54, 1.807) is 6.20 Å². The van der Waals surface area contributed by atoms with Crippen LogP contribution in [0.25, 0.3) is 16.9 Å². The Balaban J connectivity index is 2.28. The number of imidazole rings is 1. The molecule has 6 heteroatoms. The molecule has 0 bridgehead atoms. The number of nitrogens with two attached hydrogens (primary N) is 1. The molecule has 2 aromatic heterocycles. The van der Waals surface area contributed by atoms with Crippen LogP contribution in [0.5, 0.6) is 0 Å². The first-order chi connectivity index (χ1) is 9.29.